The number of carbonyl (C=O) groups is 6. The summed E-state index contributed by atoms with van der Waals surface area (Å²) >= 11 is 0. The van der Waals surface area contributed by atoms with E-state index in [0.29, 0.717) is 47.5 Å². The molecule has 18 aliphatic rings. The summed E-state index contributed by atoms with van der Waals surface area (Å²) in [4.78, 5) is 90.4. The van der Waals surface area contributed by atoms with E-state index in [9.17, 15) is 28.8 Å². The average molecular weight is 1680 g/mol. The summed E-state index contributed by atoms with van der Waals surface area (Å²) in [6.45, 7) is 36.6. The fourth-order valence-corrected chi connectivity index (χ4v) is 29.3. The van der Waals surface area contributed by atoms with Crippen molar-refractivity contribution < 1.29 is 28.8 Å². The topological polar surface area (TPSA) is 194 Å². The van der Waals surface area contributed by atoms with Crippen LogP contribution in [-0.2, 0) is 28.8 Å². The first-order valence-corrected chi connectivity index (χ1v) is 51.2. The van der Waals surface area contributed by atoms with Crippen LogP contribution in [0.25, 0.3) is 0 Å². The first-order chi connectivity index (χ1) is 57.4. The SMILES string of the molecule is CNC1CCC(C)(C)CN(C23CCC(CC2)C3)C1=O.CNC1CCC(C)(C)CN(C2CC3CCC(C3)C2)C1=O.CNC1CCC(C)(C)CN(C2CC3CCCC2C3)C1=O.CNC1CCC(C)(C)CN(CC2CC3CCC(C3)C2)C1=O.CNC1CCC(C)(C)CN(CC2CC3CCC2C3)C1=O.CNC1CCC(C)(C)CN(CC2CC3CCCC2C3)C1=O. The van der Waals surface area contributed by atoms with Crippen molar-refractivity contribution in [2.24, 2.45) is 115 Å². The van der Waals surface area contributed by atoms with Crippen LogP contribution in [-0.4, -0.2) is 220 Å². The Labute approximate surface area is 738 Å². The minimum absolute atomic E-state index is 0.0343. The molecule has 19 atom stereocenters. The summed E-state index contributed by atoms with van der Waals surface area (Å²) < 4.78 is 0. The number of hydrogen-bond acceptors (Lipinski definition) is 12. The maximum absolute atomic E-state index is 12.9. The Kier molecular flexibility index (Phi) is 31.7. The lowest BCUT2D eigenvalue weighted by molar-refractivity contribution is -0.140. The lowest BCUT2D eigenvalue weighted by Crippen LogP contribution is -2.55. The van der Waals surface area contributed by atoms with Crippen molar-refractivity contribution in [1.82, 2.24) is 61.3 Å². The molecule has 0 aromatic heterocycles. The number of fused-ring (bicyclic) bond motifs is 12. The molecule has 18 heteroatoms. The number of rotatable bonds is 15. The number of hydrogen-bond donors (Lipinski definition) is 6. The Balaban J connectivity index is 0.000000125. The van der Waals surface area contributed by atoms with Gasteiger partial charge in [-0.25, -0.2) is 0 Å². The molecule has 0 aromatic rings. The molecule has 18 rings (SSSR count). The van der Waals surface area contributed by atoms with Crippen LogP contribution in [0.15, 0.2) is 0 Å². The molecule has 121 heavy (non-hydrogen) atoms. The summed E-state index contributed by atoms with van der Waals surface area (Å²) in [7, 11) is 11.6. The second-order valence-corrected chi connectivity index (χ2v) is 49.5. The molecule has 6 heterocycles. The van der Waals surface area contributed by atoms with E-state index in [1.54, 1.807) is 0 Å². The van der Waals surface area contributed by atoms with E-state index in [1.165, 1.54) is 186 Å². The Morgan fingerprint density at radius 2 is 0.603 bits per heavy atom. The van der Waals surface area contributed by atoms with Crippen molar-refractivity contribution in [3.63, 3.8) is 0 Å². The normalized spacial score (nSPS) is 40.3. The fourth-order valence-electron chi connectivity index (χ4n) is 29.3. The molecule has 6 aliphatic heterocycles. The summed E-state index contributed by atoms with van der Waals surface area (Å²) in [6, 6.07) is 1.27. The van der Waals surface area contributed by atoms with Gasteiger partial charge in [0.1, 0.15) is 0 Å². The maximum Gasteiger partial charge on any atom is 0.240 e. The fraction of sp³-hybridized carbons (Fsp3) is 0.942. The van der Waals surface area contributed by atoms with E-state index < -0.39 is 0 Å². The first kappa shape index (κ1) is 95.2. The van der Waals surface area contributed by atoms with Crippen LogP contribution in [0.3, 0.4) is 0 Å². The quantitative estimate of drug-likeness (QED) is 0.0910. The van der Waals surface area contributed by atoms with Crippen LogP contribution in [0.1, 0.15) is 346 Å². The van der Waals surface area contributed by atoms with Crippen molar-refractivity contribution in [3.05, 3.63) is 0 Å². The predicted octanol–water partition coefficient (Wildman–Crippen LogP) is 16.9. The maximum atomic E-state index is 12.9. The third kappa shape index (κ3) is 24.0. The zero-order valence-electron chi connectivity index (χ0n) is 80.7. The molecule has 0 spiro atoms. The zero-order valence-corrected chi connectivity index (χ0v) is 80.7. The van der Waals surface area contributed by atoms with E-state index in [-0.39, 0.29) is 74.3 Å². The van der Waals surface area contributed by atoms with Gasteiger partial charge in [0.15, 0.2) is 0 Å². The molecule has 19 unspecified atom stereocenters. The molecule has 6 saturated heterocycles. The van der Waals surface area contributed by atoms with E-state index in [1.807, 2.05) is 42.3 Å². The summed E-state index contributed by atoms with van der Waals surface area (Å²) in [6.07, 6.45) is 52.5. The van der Waals surface area contributed by atoms with Crippen LogP contribution < -0.4 is 31.9 Å². The third-order valence-electron chi connectivity index (χ3n) is 36.2. The lowest BCUT2D eigenvalue weighted by atomic mass is 9.80. The molecule has 690 valence electrons. The van der Waals surface area contributed by atoms with Crippen molar-refractivity contribution >= 4 is 35.4 Å². The molecule has 18 nitrogen and oxygen atoms in total. The Hall–Kier alpha value is -3.42. The molecule has 12 aliphatic carbocycles. The van der Waals surface area contributed by atoms with E-state index in [2.05, 4.69) is 144 Å². The van der Waals surface area contributed by atoms with Gasteiger partial charge in [-0.3, -0.25) is 28.8 Å². The van der Waals surface area contributed by atoms with E-state index in [4.69, 9.17) is 0 Å². The van der Waals surface area contributed by atoms with Gasteiger partial charge in [0.05, 0.1) is 36.3 Å². The van der Waals surface area contributed by atoms with Gasteiger partial charge in [0.2, 0.25) is 35.4 Å². The second-order valence-electron chi connectivity index (χ2n) is 49.5. The molecule has 0 aromatic carbocycles. The number of amides is 6. The van der Waals surface area contributed by atoms with Gasteiger partial charge in [0.25, 0.3) is 0 Å². The zero-order chi connectivity index (χ0) is 86.7. The van der Waals surface area contributed by atoms with Gasteiger partial charge in [-0.2, -0.15) is 0 Å². The van der Waals surface area contributed by atoms with Gasteiger partial charge < -0.3 is 61.3 Å². The Morgan fingerprint density at radius 3 is 1.01 bits per heavy atom. The van der Waals surface area contributed by atoms with Crippen molar-refractivity contribution in [1.29, 1.82) is 0 Å². The van der Waals surface area contributed by atoms with Gasteiger partial charge in [-0.1, -0.05) is 147 Å². The third-order valence-corrected chi connectivity index (χ3v) is 36.2. The van der Waals surface area contributed by atoms with Gasteiger partial charge >= 0.3 is 0 Å². The molecule has 6 N–H and O–H groups in total. The minimum atomic E-state index is 0.0343. The summed E-state index contributed by atoms with van der Waals surface area (Å²) in [5.74, 6) is 14.5. The van der Waals surface area contributed by atoms with Crippen LogP contribution in [0.4, 0.5) is 0 Å². The molecule has 12 saturated carbocycles. The van der Waals surface area contributed by atoms with Crippen LogP contribution in [0.5, 0.6) is 0 Å². The second kappa shape index (κ2) is 40.3. The number of likely N-dealkylation sites (tertiary alicyclic amines) is 6. The largest absolute Gasteiger partial charge is 0.341 e. The van der Waals surface area contributed by atoms with Crippen molar-refractivity contribution in [2.45, 2.75) is 400 Å². The highest BCUT2D eigenvalue weighted by Gasteiger charge is 2.54. The first-order valence-electron chi connectivity index (χ1n) is 51.2. The van der Waals surface area contributed by atoms with Gasteiger partial charge in [-0.05, 0) is 357 Å². The Morgan fingerprint density at radius 1 is 0.273 bits per heavy atom. The number of nitrogens with one attached hydrogen (secondary N) is 6. The molecule has 0 radical (unpaired) electrons. The lowest BCUT2D eigenvalue weighted by Gasteiger charge is -2.43. The highest BCUT2D eigenvalue weighted by molar-refractivity contribution is 5.85. The standard InChI is InChI=1S/2C18H32N2O.3C17H30N2O.C16H28N2O/c1-18(2)7-6-16(19-3)17(21)20(12-18)11-15-9-13-4-5-14(8-13)10-15;1-18(2)8-7-16(19-3)17(21)20(12-18)11-15-10-13-5-4-6-14(15)9-13;1-17(2)7-6-15(18-3)16(20)19(11-17)10-14-9-12-4-5-13(14)8-12;1-17(2)7-6-15(18-3)16(20)19(11-17)14-9-12-4-5-13(8-12)10-14;1-17(2)8-7-14(18-3)16(20)19(11-17)15-10-12-5-4-6-13(15)9-12;1-15(2)7-6-13(17-3)14(19)18(11-15)16-8-4-12(10-16)5-9-16/h2*13-16,19H,4-12H2,1-3H3;3*12-15,18H,4-11H2,1-3H3;12-13,17H,4-11H2,1-3H3. The van der Waals surface area contributed by atoms with E-state index >= 15 is 0 Å². The highest BCUT2D eigenvalue weighted by Crippen LogP contribution is 2.55. The highest BCUT2D eigenvalue weighted by atomic mass is 16.2. The van der Waals surface area contributed by atoms with Crippen molar-refractivity contribution in [2.75, 3.05) is 101 Å². The number of likely N-dealkylation sites (N-methyl/N-ethyl adjacent to an activating group) is 6. The van der Waals surface area contributed by atoms with E-state index in [0.717, 1.165) is 219 Å². The Bertz CT molecular complexity index is 3390. The van der Waals surface area contributed by atoms with Crippen LogP contribution in [0, 0.1) is 115 Å². The molecular formula is C103H182N12O6. The molecular weight excluding hydrogens is 1500 g/mol. The summed E-state index contributed by atoms with van der Waals surface area (Å²) in [5.41, 5.74) is 1.79. The monoisotopic (exact) mass is 1680 g/mol. The van der Waals surface area contributed by atoms with Gasteiger partial charge in [0, 0.05) is 76.5 Å². The summed E-state index contributed by atoms with van der Waals surface area (Å²) in [5, 5.41) is 19.5. The number of carbonyl (C=O) groups excluding carboxylic acids is 6. The predicted molar refractivity (Wildman–Crippen MR) is 493 cm³/mol. The molecule has 6 amide bonds. The van der Waals surface area contributed by atoms with Crippen LogP contribution >= 0.6 is 0 Å². The van der Waals surface area contributed by atoms with Crippen LogP contribution in [0.2, 0.25) is 0 Å². The number of nitrogens with zero attached hydrogens (tertiary/aromatic N) is 6. The average Bonchev–Trinajstić information content (AvgIpc) is 1.60. The van der Waals surface area contributed by atoms with Gasteiger partial charge in [-0.15, -0.1) is 0 Å². The smallest absolute Gasteiger partial charge is 0.240 e. The van der Waals surface area contributed by atoms with Crippen molar-refractivity contribution in [3.8, 4) is 0 Å². The minimum Gasteiger partial charge on any atom is -0.341 e. The molecule has 18 fully saturated rings. The molecule has 12 bridgehead atoms.